The minimum absolute atomic E-state index is 0.547. The highest BCUT2D eigenvalue weighted by Crippen LogP contribution is 1.91. The summed E-state index contributed by atoms with van der Waals surface area (Å²) < 4.78 is 0. The van der Waals surface area contributed by atoms with E-state index in [1.54, 1.807) is 13.3 Å². The van der Waals surface area contributed by atoms with Crippen LogP contribution in [-0.2, 0) is 0 Å². The molecule has 0 spiro atoms. The molecule has 0 aromatic rings. The minimum atomic E-state index is 0.547. The van der Waals surface area contributed by atoms with Gasteiger partial charge >= 0.3 is 0 Å². The smallest absolute Gasteiger partial charge is 0.0277 e. The van der Waals surface area contributed by atoms with E-state index in [4.69, 9.17) is 5.73 Å². The van der Waals surface area contributed by atoms with Gasteiger partial charge in [-0.05, 0) is 12.0 Å². The first-order valence-corrected chi connectivity index (χ1v) is 3.27. The summed E-state index contributed by atoms with van der Waals surface area (Å²) in [6, 6.07) is 0. The molecule has 0 bridgehead atoms. The van der Waals surface area contributed by atoms with Crippen LogP contribution in [0.3, 0.4) is 0 Å². The van der Waals surface area contributed by atoms with Gasteiger partial charge in [0.1, 0.15) is 0 Å². The second kappa shape index (κ2) is 6.23. The van der Waals surface area contributed by atoms with Crippen molar-refractivity contribution in [2.24, 2.45) is 10.7 Å². The predicted octanol–water partition coefficient (Wildman–Crippen LogP) is 1.15. The number of hydrogen-bond acceptors (Lipinski definition) is 2. The Labute approximate surface area is 62.1 Å². The molecular formula is C8H14N2. The first kappa shape index (κ1) is 9.11. The quantitative estimate of drug-likeness (QED) is 0.459. The molecular weight excluding hydrogens is 124 g/mol. The first-order chi connectivity index (χ1) is 4.85. The van der Waals surface area contributed by atoms with E-state index in [0.29, 0.717) is 6.54 Å². The molecule has 0 aliphatic heterocycles. The summed E-state index contributed by atoms with van der Waals surface area (Å²) in [5.74, 6) is 0. The molecule has 0 aliphatic rings. The SMILES string of the molecule is C=CC/C=C(\C=NC)CN. The van der Waals surface area contributed by atoms with E-state index >= 15 is 0 Å². The number of aliphatic imine (C=N–C) groups is 1. The Balaban J connectivity index is 3.90. The molecule has 0 atom stereocenters. The molecule has 56 valence electrons. The third-order valence-electron chi connectivity index (χ3n) is 1.08. The van der Waals surface area contributed by atoms with Crippen LogP contribution in [0.1, 0.15) is 6.42 Å². The van der Waals surface area contributed by atoms with Gasteiger partial charge in [-0.2, -0.15) is 0 Å². The Kier molecular flexibility index (Phi) is 5.68. The molecule has 0 fully saturated rings. The molecule has 10 heavy (non-hydrogen) atoms. The van der Waals surface area contributed by atoms with Gasteiger partial charge in [-0.1, -0.05) is 12.2 Å². The Morgan fingerprint density at radius 1 is 1.70 bits per heavy atom. The third-order valence-corrected chi connectivity index (χ3v) is 1.08. The van der Waals surface area contributed by atoms with E-state index in [1.807, 2.05) is 12.2 Å². The molecule has 0 aromatic heterocycles. The number of hydrogen-bond donors (Lipinski definition) is 1. The lowest BCUT2D eigenvalue weighted by Crippen LogP contribution is -2.03. The van der Waals surface area contributed by atoms with Gasteiger partial charge in [-0.15, -0.1) is 6.58 Å². The molecule has 0 saturated carbocycles. The topological polar surface area (TPSA) is 38.4 Å². The summed E-state index contributed by atoms with van der Waals surface area (Å²) in [4.78, 5) is 3.85. The first-order valence-electron chi connectivity index (χ1n) is 3.27. The van der Waals surface area contributed by atoms with Crippen molar-refractivity contribution in [1.29, 1.82) is 0 Å². The fourth-order valence-corrected chi connectivity index (χ4v) is 0.589. The van der Waals surface area contributed by atoms with Crippen molar-refractivity contribution in [1.82, 2.24) is 0 Å². The summed E-state index contributed by atoms with van der Waals surface area (Å²) in [7, 11) is 1.73. The van der Waals surface area contributed by atoms with Crippen LogP contribution in [0.25, 0.3) is 0 Å². The highest BCUT2D eigenvalue weighted by Gasteiger charge is 1.84. The number of nitrogens with two attached hydrogens (primary N) is 1. The average molecular weight is 138 g/mol. The van der Waals surface area contributed by atoms with E-state index in [1.165, 1.54) is 0 Å². The van der Waals surface area contributed by atoms with Gasteiger partial charge in [-0.3, -0.25) is 4.99 Å². The third kappa shape index (κ3) is 4.04. The minimum Gasteiger partial charge on any atom is -0.326 e. The Bertz CT molecular complexity index is 145. The van der Waals surface area contributed by atoms with Crippen LogP contribution in [0.15, 0.2) is 29.3 Å². The molecule has 0 rings (SSSR count). The van der Waals surface area contributed by atoms with E-state index in [2.05, 4.69) is 11.6 Å². The normalized spacial score (nSPS) is 12.4. The molecule has 2 nitrogen and oxygen atoms in total. The molecule has 0 aliphatic carbocycles. The van der Waals surface area contributed by atoms with Gasteiger partial charge in [0.25, 0.3) is 0 Å². The van der Waals surface area contributed by atoms with Gasteiger partial charge in [0.05, 0.1) is 0 Å². The van der Waals surface area contributed by atoms with Crippen LogP contribution in [0, 0.1) is 0 Å². The van der Waals surface area contributed by atoms with E-state index in [-0.39, 0.29) is 0 Å². The zero-order chi connectivity index (χ0) is 7.82. The Morgan fingerprint density at radius 2 is 2.40 bits per heavy atom. The zero-order valence-electron chi connectivity index (χ0n) is 6.38. The maximum Gasteiger partial charge on any atom is 0.0277 e. The number of rotatable bonds is 4. The van der Waals surface area contributed by atoms with Gasteiger partial charge in [0, 0.05) is 19.8 Å². The molecule has 0 amide bonds. The van der Waals surface area contributed by atoms with Crippen LogP contribution < -0.4 is 5.73 Å². The van der Waals surface area contributed by atoms with E-state index < -0.39 is 0 Å². The largest absolute Gasteiger partial charge is 0.326 e. The van der Waals surface area contributed by atoms with Crippen molar-refractivity contribution in [3.05, 3.63) is 24.3 Å². The van der Waals surface area contributed by atoms with E-state index in [9.17, 15) is 0 Å². The summed E-state index contributed by atoms with van der Waals surface area (Å²) in [5, 5.41) is 0. The predicted molar refractivity (Wildman–Crippen MR) is 46.4 cm³/mol. The van der Waals surface area contributed by atoms with Crippen molar-refractivity contribution >= 4 is 6.21 Å². The van der Waals surface area contributed by atoms with Gasteiger partial charge in [0.15, 0.2) is 0 Å². The zero-order valence-corrected chi connectivity index (χ0v) is 6.38. The van der Waals surface area contributed by atoms with Crippen molar-refractivity contribution in [3.63, 3.8) is 0 Å². The van der Waals surface area contributed by atoms with Gasteiger partial charge < -0.3 is 5.73 Å². The molecule has 0 saturated heterocycles. The fraction of sp³-hybridized carbons (Fsp3) is 0.375. The summed E-state index contributed by atoms with van der Waals surface area (Å²) in [5.41, 5.74) is 6.46. The molecule has 2 heteroatoms. The molecule has 2 N–H and O–H groups in total. The van der Waals surface area contributed by atoms with Crippen LogP contribution in [0.5, 0.6) is 0 Å². The average Bonchev–Trinajstić information content (AvgIpc) is 1.98. The van der Waals surface area contributed by atoms with Crippen molar-refractivity contribution in [3.8, 4) is 0 Å². The van der Waals surface area contributed by atoms with Crippen LogP contribution in [0.4, 0.5) is 0 Å². The standard InChI is InChI=1S/C8H14N2/c1-3-4-5-8(6-9)7-10-2/h3,5,7H,1,4,6,9H2,2H3/b8-5-,10-7?. The summed E-state index contributed by atoms with van der Waals surface area (Å²) in [6.07, 6.45) is 6.47. The monoisotopic (exact) mass is 138 g/mol. The van der Waals surface area contributed by atoms with Gasteiger partial charge in [-0.25, -0.2) is 0 Å². The molecule has 0 heterocycles. The second-order valence-electron chi connectivity index (χ2n) is 1.89. The van der Waals surface area contributed by atoms with Crippen LogP contribution in [-0.4, -0.2) is 19.8 Å². The molecule has 0 aromatic carbocycles. The second-order valence-corrected chi connectivity index (χ2v) is 1.89. The van der Waals surface area contributed by atoms with Crippen molar-refractivity contribution < 1.29 is 0 Å². The maximum absolute atomic E-state index is 5.41. The highest BCUT2D eigenvalue weighted by molar-refractivity contribution is 5.78. The van der Waals surface area contributed by atoms with Crippen molar-refractivity contribution in [2.45, 2.75) is 6.42 Å². The van der Waals surface area contributed by atoms with Crippen LogP contribution in [0.2, 0.25) is 0 Å². The van der Waals surface area contributed by atoms with E-state index in [0.717, 1.165) is 12.0 Å². The molecule has 0 radical (unpaired) electrons. The van der Waals surface area contributed by atoms with Gasteiger partial charge in [0.2, 0.25) is 0 Å². The summed E-state index contributed by atoms with van der Waals surface area (Å²) >= 11 is 0. The lowest BCUT2D eigenvalue weighted by molar-refractivity contribution is 1.18. The Hall–Kier alpha value is -0.890. The number of allylic oxidation sites excluding steroid dienone is 2. The van der Waals surface area contributed by atoms with Crippen LogP contribution >= 0.6 is 0 Å². The molecule has 0 unspecified atom stereocenters. The highest BCUT2D eigenvalue weighted by atomic mass is 14.6. The summed E-state index contributed by atoms with van der Waals surface area (Å²) in [6.45, 7) is 4.14. The lowest BCUT2D eigenvalue weighted by atomic mass is 10.2. The maximum atomic E-state index is 5.41. The Morgan fingerprint density at radius 3 is 2.80 bits per heavy atom. The lowest BCUT2D eigenvalue weighted by Gasteiger charge is -1.92. The number of nitrogens with zero attached hydrogens (tertiary/aromatic N) is 1. The fourth-order valence-electron chi connectivity index (χ4n) is 0.589. The van der Waals surface area contributed by atoms with Crippen molar-refractivity contribution in [2.75, 3.05) is 13.6 Å².